The average molecular weight is 345 g/mol. The molecule has 2 heterocycles. The molecular weight excluding hydrogens is 333 g/mol. The molecule has 2 aromatic heterocycles. The van der Waals surface area contributed by atoms with Crippen LogP contribution in [0.1, 0.15) is 21.7 Å². The van der Waals surface area contributed by atoms with Gasteiger partial charge in [0, 0.05) is 24.8 Å². The Morgan fingerprint density at radius 2 is 2.35 bits per heavy atom. The van der Waals surface area contributed by atoms with E-state index < -0.39 is 0 Å². The number of carbonyl (C=O) groups excluding carboxylic acids is 1. The van der Waals surface area contributed by atoms with Gasteiger partial charge in [-0.15, -0.1) is 0 Å². The number of rotatable bonds is 3. The summed E-state index contributed by atoms with van der Waals surface area (Å²) in [7, 11) is 1.87. The number of carbonyl (C=O) groups is 1. The third-order valence-corrected chi connectivity index (χ3v) is 3.41. The summed E-state index contributed by atoms with van der Waals surface area (Å²) in [6.45, 7) is 2.43. The number of hydrogen-bond acceptors (Lipinski definition) is 3. The maximum atomic E-state index is 11.8. The largest absolute Gasteiger partial charge is 0.346 e. The van der Waals surface area contributed by atoms with Crippen LogP contribution in [0.25, 0.3) is 0 Å². The van der Waals surface area contributed by atoms with Gasteiger partial charge in [0.05, 0.1) is 16.0 Å². The number of H-pyrrole nitrogens is 1. The van der Waals surface area contributed by atoms with Crippen LogP contribution in [0.15, 0.2) is 12.4 Å². The lowest BCUT2D eigenvalue weighted by molar-refractivity contribution is 0.0945. The molecule has 0 bridgehead atoms. The van der Waals surface area contributed by atoms with E-state index in [1.165, 1.54) is 0 Å². The minimum absolute atomic E-state index is 0.157. The fourth-order valence-corrected chi connectivity index (χ4v) is 1.92. The summed E-state index contributed by atoms with van der Waals surface area (Å²) in [5, 5.41) is 13.4. The maximum absolute atomic E-state index is 11.8. The molecule has 2 N–H and O–H groups in total. The second-order valence-corrected chi connectivity index (χ2v) is 4.82. The zero-order valence-electron chi connectivity index (χ0n) is 9.49. The molecule has 0 radical (unpaired) electrons. The highest BCUT2D eigenvalue weighted by Gasteiger charge is 2.12. The van der Waals surface area contributed by atoms with Crippen LogP contribution in [-0.2, 0) is 13.6 Å². The molecular formula is C10H12IN5O. The zero-order valence-corrected chi connectivity index (χ0v) is 11.6. The number of aromatic amines is 1. The normalized spacial score (nSPS) is 10.5. The molecule has 1 amide bonds. The molecule has 0 saturated heterocycles. The van der Waals surface area contributed by atoms with Gasteiger partial charge in [0.25, 0.3) is 5.91 Å². The standard InChI is InChI=1S/C10H12IN5O/c1-6-7(4-14-16(6)2)3-12-10(17)9-8(11)5-13-15-9/h4-5H,3H2,1-2H3,(H,12,17)(H,13,15). The van der Waals surface area contributed by atoms with Gasteiger partial charge in [0.1, 0.15) is 5.69 Å². The van der Waals surface area contributed by atoms with Gasteiger partial charge in [-0.05, 0) is 29.5 Å². The van der Waals surface area contributed by atoms with Gasteiger partial charge in [-0.3, -0.25) is 14.6 Å². The van der Waals surface area contributed by atoms with Crippen LogP contribution in [0, 0.1) is 10.5 Å². The molecule has 7 heteroatoms. The topological polar surface area (TPSA) is 75.6 Å². The Labute approximate surface area is 112 Å². The molecule has 0 atom stereocenters. The SMILES string of the molecule is Cc1c(CNC(=O)c2[nH]ncc2I)cnn1C. The number of halogens is 1. The minimum atomic E-state index is -0.157. The summed E-state index contributed by atoms with van der Waals surface area (Å²) in [6.07, 6.45) is 3.37. The number of amides is 1. The lowest BCUT2D eigenvalue weighted by Crippen LogP contribution is -2.24. The van der Waals surface area contributed by atoms with Gasteiger partial charge in [0.15, 0.2) is 0 Å². The lowest BCUT2D eigenvalue weighted by Gasteiger charge is -2.03. The molecule has 0 saturated carbocycles. The first-order valence-electron chi connectivity index (χ1n) is 5.04. The van der Waals surface area contributed by atoms with Crippen LogP contribution in [0.5, 0.6) is 0 Å². The summed E-state index contributed by atoms with van der Waals surface area (Å²) >= 11 is 2.06. The predicted octanol–water partition coefficient (Wildman–Crippen LogP) is 0.986. The molecule has 0 fully saturated rings. The second kappa shape index (κ2) is 4.86. The third-order valence-electron chi connectivity index (χ3n) is 2.60. The van der Waals surface area contributed by atoms with E-state index in [1.54, 1.807) is 17.1 Å². The van der Waals surface area contributed by atoms with Gasteiger partial charge < -0.3 is 5.32 Å². The van der Waals surface area contributed by atoms with E-state index in [-0.39, 0.29) is 5.91 Å². The first-order valence-corrected chi connectivity index (χ1v) is 6.12. The summed E-state index contributed by atoms with van der Waals surface area (Å²) in [5.74, 6) is -0.157. The van der Waals surface area contributed by atoms with Gasteiger partial charge in [-0.1, -0.05) is 0 Å². The van der Waals surface area contributed by atoms with Crippen LogP contribution < -0.4 is 5.32 Å². The van der Waals surface area contributed by atoms with Crippen LogP contribution >= 0.6 is 22.6 Å². The van der Waals surface area contributed by atoms with Crippen LogP contribution in [-0.4, -0.2) is 25.9 Å². The molecule has 0 unspecified atom stereocenters. The lowest BCUT2D eigenvalue weighted by atomic mass is 10.2. The highest BCUT2D eigenvalue weighted by atomic mass is 127. The Balaban J connectivity index is 2.02. The highest BCUT2D eigenvalue weighted by Crippen LogP contribution is 2.09. The molecule has 17 heavy (non-hydrogen) atoms. The Bertz CT molecular complexity index is 545. The molecule has 0 aliphatic rings. The predicted molar refractivity (Wildman–Crippen MR) is 70.4 cm³/mol. The maximum Gasteiger partial charge on any atom is 0.270 e. The number of aryl methyl sites for hydroxylation is 1. The second-order valence-electron chi connectivity index (χ2n) is 3.65. The van der Waals surface area contributed by atoms with Crippen LogP contribution in [0.4, 0.5) is 0 Å². The van der Waals surface area contributed by atoms with E-state index in [0.29, 0.717) is 12.2 Å². The average Bonchev–Trinajstić information content (AvgIpc) is 2.85. The Kier molecular flexibility index (Phi) is 3.46. The number of hydrogen-bond donors (Lipinski definition) is 2. The van der Waals surface area contributed by atoms with Crippen molar-refractivity contribution in [3.05, 3.63) is 32.9 Å². The molecule has 2 rings (SSSR count). The number of aromatic nitrogens is 4. The molecule has 6 nitrogen and oxygen atoms in total. The van der Waals surface area contributed by atoms with Crippen molar-refractivity contribution in [3.63, 3.8) is 0 Å². The number of nitrogens with one attached hydrogen (secondary N) is 2. The van der Waals surface area contributed by atoms with Crippen molar-refractivity contribution in [2.24, 2.45) is 7.05 Å². The summed E-state index contributed by atoms with van der Waals surface area (Å²) in [4.78, 5) is 11.8. The van der Waals surface area contributed by atoms with Gasteiger partial charge in [-0.2, -0.15) is 10.2 Å². The first-order chi connectivity index (χ1) is 8.09. The van der Waals surface area contributed by atoms with Crippen LogP contribution in [0.2, 0.25) is 0 Å². The van der Waals surface area contributed by atoms with Gasteiger partial charge in [-0.25, -0.2) is 0 Å². The third kappa shape index (κ3) is 2.48. The van der Waals surface area contributed by atoms with E-state index >= 15 is 0 Å². The first kappa shape index (κ1) is 12.1. The zero-order chi connectivity index (χ0) is 12.4. The molecule has 0 spiro atoms. The highest BCUT2D eigenvalue weighted by molar-refractivity contribution is 14.1. The van der Waals surface area contributed by atoms with E-state index in [1.807, 2.05) is 14.0 Å². The van der Waals surface area contributed by atoms with E-state index in [9.17, 15) is 4.79 Å². The van der Waals surface area contributed by atoms with Crippen molar-refractivity contribution in [3.8, 4) is 0 Å². The number of nitrogens with zero attached hydrogens (tertiary/aromatic N) is 3. The summed E-state index contributed by atoms with van der Waals surface area (Å²) in [6, 6.07) is 0. The smallest absolute Gasteiger partial charge is 0.270 e. The Morgan fingerprint density at radius 1 is 1.59 bits per heavy atom. The summed E-state index contributed by atoms with van der Waals surface area (Å²) in [5.41, 5.74) is 2.55. The molecule has 0 aromatic carbocycles. The Morgan fingerprint density at radius 3 is 2.88 bits per heavy atom. The van der Waals surface area contributed by atoms with E-state index in [0.717, 1.165) is 14.8 Å². The minimum Gasteiger partial charge on any atom is -0.346 e. The van der Waals surface area contributed by atoms with Crippen molar-refractivity contribution in [2.75, 3.05) is 0 Å². The molecule has 90 valence electrons. The van der Waals surface area contributed by atoms with Gasteiger partial charge >= 0.3 is 0 Å². The molecule has 2 aromatic rings. The van der Waals surface area contributed by atoms with Crippen molar-refractivity contribution in [1.82, 2.24) is 25.3 Å². The van der Waals surface area contributed by atoms with Gasteiger partial charge in [0.2, 0.25) is 0 Å². The molecule has 0 aliphatic carbocycles. The van der Waals surface area contributed by atoms with Crippen molar-refractivity contribution in [1.29, 1.82) is 0 Å². The van der Waals surface area contributed by atoms with Crippen molar-refractivity contribution < 1.29 is 4.79 Å². The fraction of sp³-hybridized carbons (Fsp3) is 0.300. The fourth-order valence-electron chi connectivity index (χ4n) is 1.41. The van der Waals surface area contributed by atoms with Crippen LogP contribution in [0.3, 0.4) is 0 Å². The van der Waals surface area contributed by atoms with Crippen molar-refractivity contribution >= 4 is 28.5 Å². The summed E-state index contributed by atoms with van der Waals surface area (Å²) < 4.78 is 2.59. The molecule has 0 aliphatic heterocycles. The quantitative estimate of drug-likeness (QED) is 0.815. The van der Waals surface area contributed by atoms with Crippen molar-refractivity contribution in [2.45, 2.75) is 13.5 Å². The monoisotopic (exact) mass is 345 g/mol. The van der Waals surface area contributed by atoms with E-state index in [4.69, 9.17) is 0 Å². The Hall–Kier alpha value is -1.38. The van der Waals surface area contributed by atoms with E-state index in [2.05, 4.69) is 43.2 Å².